The second-order valence-corrected chi connectivity index (χ2v) is 19.0. The molecule has 0 aliphatic carbocycles. The van der Waals surface area contributed by atoms with Crippen molar-refractivity contribution >= 4 is 46.2 Å². The molecule has 0 radical (unpaired) electrons. The Hall–Kier alpha value is -3.68. The van der Waals surface area contributed by atoms with Crippen molar-refractivity contribution in [3.8, 4) is 10.6 Å². The smallest absolute Gasteiger partial charge is 0.316 e. The van der Waals surface area contributed by atoms with Crippen LogP contribution in [-0.4, -0.2) is 137 Å². The molecule has 4 N–H and O–H groups in total. The normalized spacial score (nSPS) is 39.0. The second kappa shape index (κ2) is 19.0. The molecular formula is C44H63N5O11S. The SMILES string of the molecule is CC[C@H]1OC(=O)[C@H](C)C(=O)[C@H](C)[C@@H](O[C@@H]2O[C@H](C)C[C@H](N(C)C)[C@H]2O)[C@@]2(C)C[C@@H](C)C3=NC(=O)C(Cc4ccc(-c5cccc(N)n5)s4)O/N=C(/CO[C@H]([C@H]3C)[C@]1(C)O)CO2. The lowest BCUT2D eigenvalue weighted by Gasteiger charge is -2.47. The Bertz CT molecular complexity index is 1970. The van der Waals surface area contributed by atoms with Crippen LogP contribution < -0.4 is 5.73 Å². The number of nitrogens with two attached hydrogens (primary N) is 1. The Kier molecular flexibility index (Phi) is 14.6. The third-order valence-corrected chi connectivity index (χ3v) is 13.9. The maximum Gasteiger partial charge on any atom is 0.316 e. The van der Waals surface area contributed by atoms with Gasteiger partial charge in [0.25, 0.3) is 5.91 Å². The number of rotatable bonds is 7. The van der Waals surface area contributed by atoms with Crippen molar-refractivity contribution < 1.29 is 53.1 Å². The van der Waals surface area contributed by atoms with Gasteiger partial charge in [0.05, 0.1) is 47.7 Å². The summed E-state index contributed by atoms with van der Waals surface area (Å²) in [4.78, 5) is 61.8. The first-order valence-electron chi connectivity index (χ1n) is 21.3. The Morgan fingerprint density at radius 2 is 1.77 bits per heavy atom. The van der Waals surface area contributed by atoms with Crippen LogP contribution in [-0.2, 0) is 49.3 Å². The first kappa shape index (κ1) is 46.8. The quantitative estimate of drug-likeness (QED) is 0.263. The molecule has 14 atom stereocenters. The number of pyridine rings is 1. The van der Waals surface area contributed by atoms with Gasteiger partial charge in [-0.2, -0.15) is 0 Å². The number of cyclic esters (lactones) is 1. The summed E-state index contributed by atoms with van der Waals surface area (Å²) in [7, 11) is 3.74. The number of thiophene rings is 1. The zero-order valence-electron chi connectivity index (χ0n) is 36.9. The van der Waals surface area contributed by atoms with E-state index in [1.54, 1.807) is 26.8 Å². The van der Waals surface area contributed by atoms with Crippen LogP contribution in [0.25, 0.3) is 10.6 Å². The van der Waals surface area contributed by atoms with Gasteiger partial charge >= 0.3 is 5.97 Å². The molecule has 4 aliphatic heterocycles. The fourth-order valence-corrected chi connectivity index (χ4v) is 10.3. The summed E-state index contributed by atoms with van der Waals surface area (Å²) in [5.74, 6) is -5.09. The van der Waals surface area contributed by atoms with E-state index in [1.165, 1.54) is 25.2 Å². The van der Waals surface area contributed by atoms with Gasteiger partial charge in [-0.25, -0.2) is 9.98 Å². The van der Waals surface area contributed by atoms with E-state index in [0.29, 0.717) is 23.6 Å². The number of likely N-dealkylation sites (N-methyl/N-ethyl adjacent to an activating group) is 1. The van der Waals surface area contributed by atoms with Crippen LogP contribution in [0.2, 0.25) is 0 Å². The lowest BCUT2D eigenvalue weighted by atomic mass is 9.73. The van der Waals surface area contributed by atoms with Crippen molar-refractivity contribution in [3.63, 3.8) is 0 Å². The number of ether oxygens (including phenoxy) is 5. The Morgan fingerprint density at radius 1 is 1.03 bits per heavy atom. The average Bonchev–Trinajstić information content (AvgIpc) is 3.67. The number of hydrogen-bond acceptors (Lipinski definition) is 16. The summed E-state index contributed by atoms with van der Waals surface area (Å²) < 4.78 is 32.5. The van der Waals surface area contributed by atoms with Crippen LogP contribution >= 0.6 is 11.3 Å². The number of aliphatic imine (C=N–C) groups is 1. The first-order chi connectivity index (χ1) is 28.7. The van der Waals surface area contributed by atoms with E-state index in [0.717, 1.165) is 9.75 Å². The van der Waals surface area contributed by atoms with Crippen molar-refractivity contribution in [1.29, 1.82) is 0 Å². The highest BCUT2D eigenvalue weighted by Crippen LogP contribution is 2.40. The molecule has 61 heavy (non-hydrogen) atoms. The molecule has 4 bridgehead atoms. The zero-order chi connectivity index (χ0) is 44.6. The predicted molar refractivity (Wildman–Crippen MR) is 229 cm³/mol. The molecular weight excluding hydrogens is 807 g/mol. The van der Waals surface area contributed by atoms with Gasteiger partial charge in [0.2, 0.25) is 6.10 Å². The second-order valence-electron chi connectivity index (χ2n) is 17.9. The standard InChI is InChI=1S/C44H63N5O11S/c1-11-33-44(8,54)39-24(4)35-22(2)19-43(7,38(25(5)36(50)26(6)41(53)58-33)59-42-37(51)30(49(9)10)17-23(3)57-42)56-21-27(20-55-39)48-60-31(40(52)47-35)18-28-15-16-32(61-28)29-13-12-14-34(45)46-29/h12-16,22-26,30-31,33,37-39,42,51,54H,11,17-21H2,1-10H3,(H2,45,46)/b47-35?,48-27-/t22-,23-,24+,25+,26-,30+,31?,33-,37-,38-,39-,42+,43-,44-/m1/s1. The minimum atomic E-state index is -1.84. The highest BCUT2D eigenvalue weighted by molar-refractivity contribution is 7.15. The van der Waals surface area contributed by atoms with E-state index in [-0.39, 0.29) is 50.3 Å². The molecule has 336 valence electrons. The lowest BCUT2D eigenvalue weighted by molar-refractivity contribution is -0.296. The molecule has 0 spiro atoms. The van der Waals surface area contributed by atoms with Gasteiger partial charge < -0.3 is 49.4 Å². The van der Waals surface area contributed by atoms with E-state index >= 15 is 0 Å². The highest BCUT2D eigenvalue weighted by Gasteiger charge is 2.53. The number of ketones is 1. The number of nitrogens with zero attached hydrogens (tertiary/aromatic N) is 4. The van der Waals surface area contributed by atoms with Crippen LogP contribution in [0.3, 0.4) is 0 Å². The summed E-state index contributed by atoms with van der Waals surface area (Å²) in [6, 6.07) is 8.89. The van der Waals surface area contributed by atoms with Crippen LogP contribution in [0.5, 0.6) is 0 Å². The van der Waals surface area contributed by atoms with E-state index in [1.807, 2.05) is 64.0 Å². The minimum absolute atomic E-state index is 0.139. The maximum atomic E-state index is 14.5. The number of hydrogen-bond donors (Lipinski definition) is 3. The number of esters is 1. The van der Waals surface area contributed by atoms with Gasteiger partial charge in [-0.1, -0.05) is 38.9 Å². The van der Waals surface area contributed by atoms with Crippen molar-refractivity contribution in [2.75, 3.05) is 33.0 Å². The number of carbonyl (C=O) groups excluding carboxylic acids is 3. The Labute approximate surface area is 362 Å². The van der Waals surface area contributed by atoms with Gasteiger partial charge in [0, 0.05) is 34.9 Å². The number of carbonyl (C=O) groups is 3. The lowest BCUT2D eigenvalue weighted by Crippen LogP contribution is -2.60. The molecule has 1 amide bonds. The maximum absolute atomic E-state index is 14.5. The monoisotopic (exact) mass is 869 g/mol. The fraction of sp³-hybridized carbons (Fsp3) is 0.682. The number of Topliss-reactive ketones (excluding diaryl/α,β-unsaturated/α-hetero) is 1. The number of oxime groups is 1. The van der Waals surface area contributed by atoms with Crippen molar-refractivity contribution in [2.24, 2.45) is 33.8 Å². The van der Waals surface area contributed by atoms with Gasteiger partial charge in [0.1, 0.15) is 35.3 Å². The van der Waals surface area contributed by atoms with Crippen LogP contribution in [0, 0.1) is 23.7 Å². The third-order valence-electron chi connectivity index (χ3n) is 12.7. The molecule has 3 saturated heterocycles. The Balaban J connectivity index is 1.48. The molecule has 3 fully saturated rings. The summed E-state index contributed by atoms with van der Waals surface area (Å²) in [5.41, 5.74) is 4.05. The van der Waals surface area contributed by atoms with Crippen LogP contribution in [0.15, 0.2) is 40.5 Å². The fourth-order valence-electron chi connectivity index (χ4n) is 9.33. The van der Waals surface area contributed by atoms with Crippen molar-refractivity contribution in [1.82, 2.24) is 9.88 Å². The van der Waals surface area contributed by atoms with Crippen LogP contribution in [0.4, 0.5) is 5.82 Å². The van der Waals surface area contributed by atoms with Gasteiger partial charge in [-0.05, 0) is 91.2 Å². The molecule has 0 saturated carbocycles. The molecule has 0 aromatic carbocycles. The summed E-state index contributed by atoms with van der Waals surface area (Å²) in [6.45, 7) is 13.4. The zero-order valence-corrected chi connectivity index (χ0v) is 37.7. The van der Waals surface area contributed by atoms with Crippen molar-refractivity contribution in [3.05, 3.63) is 35.2 Å². The average molecular weight is 870 g/mol. The van der Waals surface area contributed by atoms with E-state index in [4.69, 9.17) is 39.2 Å². The van der Waals surface area contributed by atoms with Gasteiger partial charge in [-0.3, -0.25) is 14.4 Å². The topological polar surface area (TPSA) is 214 Å². The van der Waals surface area contributed by atoms with E-state index in [2.05, 4.69) is 10.1 Å². The number of anilines is 1. The molecule has 16 nitrogen and oxygen atoms in total. The summed E-state index contributed by atoms with van der Waals surface area (Å²) in [5, 5.41) is 28.6. The van der Waals surface area contributed by atoms with Gasteiger partial charge in [-0.15, -0.1) is 11.3 Å². The largest absolute Gasteiger partial charge is 0.459 e. The molecule has 6 heterocycles. The number of fused-ring (bicyclic) bond motifs is 4. The number of aliphatic hydroxyl groups is 2. The molecule has 2 aromatic rings. The summed E-state index contributed by atoms with van der Waals surface area (Å²) >= 11 is 1.44. The number of aromatic nitrogens is 1. The number of aliphatic hydroxyl groups excluding tert-OH is 1. The number of nitrogen functional groups attached to an aromatic ring is 1. The molecule has 17 heteroatoms. The molecule has 4 aliphatic rings. The van der Waals surface area contributed by atoms with E-state index < -0.39 is 89.3 Å². The number of amides is 1. The molecule has 2 aromatic heterocycles. The van der Waals surface area contributed by atoms with E-state index in [9.17, 15) is 24.6 Å². The Morgan fingerprint density at radius 3 is 2.46 bits per heavy atom. The predicted octanol–water partition coefficient (Wildman–Crippen LogP) is 4.23. The molecule has 6 rings (SSSR count). The third kappa shape index (κ3) is 10.1. The van der Waals surface area contributed by atoms with Crippen LogP contribution in [0.1, 0.15) is 79.5 Å². The first-order valence-corrected chi connectivity index (χ1v) is 22.1. The minimum Gasteiger partial charge on any atom is -0.459 e. The van der Waals surface area contributed by atoms with Crippen molar-refractivity contribution in [2.45, 2.75) is 141 Å². The van der Waals surface area contributed by atoms with Gasteiger partial charge in [0.15, 0.2) is 12.1 Å². The molecule has 1 unspecified atom stereocenters. The highest BCUT2D eigenvalue weighted by atomic mass is 32.1. The summed E-state index contributed by atoms with van der Waals surface area (Å²) in [6.07, 6.45) is -6.04.